The first-order valence-corrected chi connectivity index (χ1v) is 10.5. The second-order valence-corrected chi connectivity index (χ2v) is 7.94. The van der Waals surface area contributed by atoms with Crippen LogP contribution in [0.1, 0.15) is 39.4 Å². The van der Waals surface area contributed by atoms with Crippen molar-refractivity contribution in [1.29, 1.82) is 0 Å². The van der Waals surface area contributed by atoms with Gasteiger partial charge in [0.2, 0.25) is 0 Å². The van der Waals surface area contributed by atoms with E-state index in [2.05, 4.69) is 0 Å². The number of aromatic nitrogens is 1. The number of aliphatic hydroxyl groups is 1. The molecule has 2 heterocycles. The molecule has 1 atom stereocenters. The zero-order valence-electron chi connectivity index (χ0n) is 16.7. The fourth-order valence-electron chi connectivity index (χ4n) is 3.46. The molecule has 0 saturated heterocycles. The van der Waals surface area contributed by atoms with Crippen LogP contribution in [0.2, 0.25) is 0 Å². The Labute approximate surface area is 177 Å². The van der Waals surface area contributed by atoms with Crippen molar-refractivity contribution in [1.82, 2.24) is 4.57 Å². The maximum absolute atomic E-state index is 12.8. The normalized spacial score (nSPS) is 12.1. The SMILES string of the molecule is CCOC(=O)c1sc2c(ccc(=O)n2-c2ccc(C)cc2)c1C(O)c1ccccc1. The number of rotatable bonds is 5. The van der Waals surface area contributed by atoms with Crippen LogP contribution in [0, 0.1) is 6.92 Å². The molecule has 0 fully saturated rings. The van der Waals surface area contributed by atoms with Crippen molar-refractivity contribution in [3.05, 3.63) is 98.7 Å². The summed E-state index contributed by atoms with van der Waals surface area (Å²) in [6.45, 7) is 3.94. The molecule has 30 heavy (non-hydrogen) atoms. The lowest BCUT2D eigenvalue weighted by atomic mass is 9.99. The molecule has 0 aliphatic carbocycles. The third-order valence-corrected chi connectivity index (χ3v) is 6.11. The van der Waals surface area contributed by atoms with E-state index in [9.17, 15) is 14.7 Å². The number of ether oxygens (including phenoxy) is 1. The molecule has 5 nitrogen and oxygen atoms in total. The molecule has 0 aliphatic rings. The monoisotopic (exact) mass is 419 g/mol. The Balaban J connectivity index is 2.01. The van der Waals surface area contributed by atoms with Gasteiger partial charge >= 0.3 is 5.97 Å². The highest BCUT2D eigenvalue weighted by atomic mass is 32.1. The van der Waals surface area contributed by atoms with E-state index in [1.54, 1.807) is 29.7 Å². The van der Waals surface area contributed by atoms with E-state index in [0.29, 0.717) is 31.9 Å². The Bertz CT molecular complexity index is 1260. The number of benzene rings is 2. The molecule has 2 aromatic heterocycles. The molecule has 0 aliphatic heterocycles. The van der Waals surface area contributed by atoms with Crippen molar-refractivity contribution in [2.24, 2.45) is 0 Å². The van der Waals surface area contributed by atoms with Gasteiger partial charge in [-0.25, -0.2) is 4.79 Å². The third kappa shape index (κ3) is 3.56. The number of hydrogen-bond donors (Lipinski definition) is 1. The molecular formula is C24H21NO4S. The molecule has 4 aromatic rings. The fourth-order valence-corrected chi connectivity index (χ4v) is 4.70. The second kappa shape index (κ2) is 8.26. The van der Waals surface area contributed by atoms with Crippen molar-refractivity contribution >= 4 is 27.5 Å². The molecule has 1 unspecified atom stereocenters. The number of thiophene rings is 1. The molecule has 6 heteroatoms. The van der Waals surface area contributed by atoms with Gasteiger partial charge in [0.05, 0.1) is 12.3 Å². The quantitative estimate of drug-likeness (QED) is 0.479. The largest absolute Gasteiger partial charge is 0.462 e. The Morgan fingerprint density at radius 3 is 2.43 bits per heavy atom. The second-order valence-electron chi connectivity index (χ2n) is 6.94. The van der Waals surface area contributed by atoms with Gasteiger partial charge in [0.25, 0.3) is 5.56 Å². The van der Waals surface area contributed by atoms with Gasteiger partial charge in [-0.2, -0.15) is 0 Å². The van der Waals surface area contributed by atoms with Gasteiger partial charge in [0.1, 0.15) is 15.8 Å². The van der Waals surface area contributed by atoms with Crippen LogP contribution in [0.3, 0.4) is 0 Å². The van der Waals surface area contributed by atoms with E-state index < -0.39 is 12.1 Å². The summed E-state index contributed by atoms with van der Waals surface area (Å²) in [5.74, 6) is -0.508. The summed E-state index contributed by atoms with van der Waals surface area (Å²) in [4.78, 5) is 26.4. The molecule has 0 spiro atoms. The van der Waals surface area contributed by atoms with E-state index in [1.807, 2.05) is 49.4 Å². The van der Waals surface area contributed by atoms with Gasteiger partial charge in [-0.1, -0.05) is 48.0 Å². The number of nitrogens with zero attached hydrogens (tertiary/aromatic N) is 1. The van der Waals surface area contributed by atoms with Crippen LogP contribution >= 0.6 is 11.3 Å². The highest BCUT2D eigenvalue weighted by molar-refractivity contribution is 7.20. The summed E-state index contributed by atoms with van der Waals surface area (Å²) in [5.41, 5.74) is 2.70. The predicted octanol–water partition coefficient (Wildman–Crippen LogP) is 4.62. The topological polar surface area (TPSA) is 68.5 Å². The summed E-state index contributed by atoms with van der Waals surface area (Å²) in [5, 5.41) is 11.8. The number of aliphatic hydroxyl groups excluding tert-OH is 1. The lowest BCUT2D eigenvalue weighted by Crippen LogP contribution is -2.16. The van der Waals surface area contributed by atoms with E-state index in [0.717, 1.165) is 16.9 Å². The van der Waals surface area contributed by atoms with Crippen molar-refractivity contribution in [3.8, 4) is 5.69 Å². The van der Waals surface area contributed by atoms with Gasteiger partial charge in [-0.3, -0.25) is 9.36 Å². The highest BCUT2D eigenvalue weighted by Crippen LogP contribution is 2.38. The van der Waals surface area contributed by atoms with Gasteiger partial charge in [-0.05, 0) is 37.6 Å². The minimum absolute atomic E-state index is 0.205. The minimum atomic E-state index is -1.02. The van der Waals surface area contributed by atoms with Crippen LogP contribution in [-0.4, -0.2) is 22.2 Å². The molecule has 0 amide bonds. The van der Waals surface area contributed by atoms with Crippen molar-refractivity contribution in [2.45, 2.75) is 20.0 Å². The van der Waals surface area contributed by atoms with Crippen LogP contribution in [0.15, 0.2) is 71.5 Å². The Morgan fingerprint density at radius 1 is 1.07 bits per heavy atom. The Morgan fingerprint density at radius 2 is 1.77 bits per heavy atom. The molecule has 4 rings (SSSR count). The van der Waals surface area contributed by atoms with Gasteiger partial charge < -0.3 is 9.84 Å². The number of pyridine rings is 1. The van der Waals surface area contributed by atoms with Crippen molar-refractivity contribution < 1.29 is 14.6 Å². The number of hydrogen-bond acceptors (Lipinski definition) is 5. The maximum Gasteiger partial charge on any atom is 0.348 e. The lowest BCUT2D eigenvalue weighted by Gasteiger charge is -2.13. The lowest BCUT2D eigenvalue weighted by molar-refractivity contribution is 0.0527. The number of esters is 1. The van der Waals surface area contributed by atoms with Crippen LogP contribution in [0.5, 0.6) is 0 Å². The summed E-state index contributed by atoms with van der Waals surface area (Å²) < 4.78 is 6.82. The average Bonchev–Trinajstić information content (AvgIpc) is 3.14. The Hall–Kier alpha value is -3.22. The average molecular weight is 420 g/mol. The molecule has 0 bridgehead atoms. The van der Waals surface area contributed by atoms with E-state index in [-0.39, 0.29) is 12.2 Å². The van der Waals surface area contributed by atoms with Crippen molar-refractivity contribution in [2.75, 3.05) is 6.61 Å². The molecule has 1 N–H and O–H groups in total. The van der Waals surface area contributed by atoms with Crippen LogP contribution < -0.4 is 5.56 Å². The molecule has 0 radical (unpaired) electrons. The Kier molecular flexibility index (Phi) is 5.53. The molecule has 152 valence electrons. The smallest absolute Gasteiger partial charge is 0.348 e. The van der Waals surface area contributed by atoms with Gasteiger partial charge in [0, 0.05) is 17.0 Å². The summed E-state index contributed by atoms with van der Waals surface area (Å²) in [7, 11) is 0. The van der Waals surface area contributed by atoms with E-state index in [1.165, 1.54) is 6.07 Å². The van der Waals surface area contributed by atoms with Crippen LogP contribution in [0.4, 0.5) is 0 Å². The first-order valence-electron chi connectivity index (χ1n) is 9.67. The highest BCUT2D eigenvalue weighted by Gasteiger charge is 2.27. The molecule has 0 saturated carbocycles. The zero-order chi connectivity index (χ0) is 21.3. The van der Waals surface area contributed by atoms with Crippen molar-refractivity contribution in [3.63, 3.8) is 0 Å². The summed E-state index contributed by atoms with van der Waals surface area (Å²) in [6, 6.07) is 19.9. The molecule has 2 aromatic carbocycles. The number of carbonyl (C=O) groups is 1. The summed E-state index contributed by atoms with van der Waals surface area (Å²) in [6.07, 6.45) is -1.02. The van der Waals surface area contributed by atoms with E-state index in [4.69, 9.17) is 4.74 Å². The predicted molar refractivity (Wildman–Crippen MR) is 119 cm³/mol. The minimum Gasteiger partial charge on any atom is -0.462 e. The molecular weight excluding hydrogens is 398 g/mol. The maximum atomic E-state index is 12.8. The van der Waals surface area contributed by atoms with E-state index >= 15 is 0 Å². The third-order valence-electron chi connectivity index (χ3n) is 4.92. The number of aryl methyl sites for hydroxylation is 1. The number of carbonyl (C=O) groups excluding carboxylic acids is 1. The van der Waals surface area contributed by atoms with Gasteiger partial charge in [-0.15, -0.1) is 11.3 Å². The number of fused-ring (bicyclic) bond motifs is 1. The zero-order valence-corrected chi connectivity index (χ0v) is 17.5. The fraction of sp³-hybridized carbons (Fsp3) is 0.167. The summed E-state index contributed by atoms with van der Waals surface area (Å²) >= 11 is 1.16. The standard InChI is InChI=1S/C24H21NO4S/c1-3-29-24(28)22-20(21(27)16-7-5-4-6-8-16)18-13-14-19(26)25(23(18)30-22)17-11-9-15(2)10-12-17/h4-14,21,27H,3H2,1-2H3. The first kappa shape index (κ1) is 20.1. The van der Waals surface area contributed by atoms with Crippen LogP contribution in [0.25, 0.3) is 15.9 Å². The van der Waals surface area contributed by atoms with Gasteiger partial charge in [0.15, 0.2) is 0 Å². The van der Waals surface area contributed by atoms with Crippen LogP contribution in [-0.2, 0) is 4.74 Å². The first-order chi connectivity index (χ1) is 14.5.